The highest BCUT2D eigenvalue weighted by Crippen LogP contribution is 2.54. The van der Waals surface area contributed by atoms with Gasteiger partial charge in [0.2, 0.25) is 13.0 Å². The monoisotopic (exact) mass is 702 g/mol. The highest BCUT2D eigenvalue weighted by molar-refractivity contribution is 8.13. The molecular weight excluding hydrogens is 666 g/mol. The number of aliphatic hydroxyl groups excluding tert-OH is 2. The molecule has 16 heteroatoms. The molecule has 0 saturated carbocycles. The Morgan fingerprint density at radius 2 is 1.02 bits per heavy atom. The van der Waals surface area contributed by atoms with Crippen molar-refractivity contribution in [3.8, 4) is 0 Å². The van der Waals surface area contributed by atoms with Crippen LogP contribution in [0.3, 0.4) is 0 Å². The molecule has 2 aromatic rings. The summed E-state index contributed by atoms with van der Waals surface area (Å²) in [6.07, 6.45) is -5.68. The van der Waals surface area contributed by atoms with Crippen LogP contribution in [-0.4, -0.2) is 118 Å². The molecule has 12 atom stereocenters. The molecule has 5 heterocycles. The lowest BCUT2D eigenvalue weighted by Crippen LogP contribution is -2.34. The third kappa shape index (κ3) is 7.04. The first kappa shape index (κ1) is 32.8. The molecule has 5 aliphatic rings. The Bertz CT molecular complexity index is 1290. The molecule has 6 unspecified atom stereocenters. The second-order valence-corrected chi connectivity index (χ2v) is 18.2. The SMILES string of the molecule is OC1CO[C@@H]2C1OC[C@H]2OP(=S)(OC1COC[C@@H](OP(=S)(O[C@H]2CO[C@@H]3C(O)CO[C@H]23)c2ccccc2)OC1)c1ccccc1. The number of benzene rings is 2. The van der Waals surface area contributed by atoms with Crippen molar-refractivity contribution in [1.82, 2.24) is 0 Å². The summed E-state index contributed by atoms with van der Waals surface area (Å²) in [7, 11) is 0. The molecule has 7 rings (SSSR count). The van der Waals surface area contributed by atoms with Crippen molar-refractivity contribution in [2.75, 3.05) is 46.2 Å². The highest BCUT2D eigenvalue weighted by atomic mass is 32.5. The van der Waals surface area contributed by atoms with Crippen LogP contribution >= 0.6 is 13.0 Å². The van der Waals surface area contributed by atoms with Crippen molar-refractivity contribution >= 4 is 47.2 Å². The Morgan fingerprint density at radius 3 is 1.56 bits per heavy atom. The maximum absolute atomic E-state index is 10.2. The van der Waals surface area contributed by atoms with Gasteiger partial charge in [0.25, 0.3) is 0 Å². The molecule has 2 aromatic carbocycles. The Hall–Kier alpha value is -0.740. The summed E-state index contributed by atoms with van der Waals surface area (Å²) in [5.41, 5.74) is 0. The van der Waals surface area contributed by atoms with Crippen LogP contribution in [0.15, 0.2) is 60.7 Å². The summed E-state index contributed by atoms with van der Waals surface area (Å²) in [5, 5.41) is 21.8. The van der Waals surface area contributed by atoms with Crippen LogP contribution in [0.25, 0.3) is 0 Å². The van der Waals surface area contributed by atoms with E-state index in [-0.39, 0.29) is 46.2 Å². The van der Waals surface area contributed by atoms with Crippen molar-refractivity contribution in [1.29, 1.82) is 0 Å². The van der Waals surface area contributed by atoms with Gasteiger partial charge >= 0.3 is 0 Å². The van der Waals surface area contributed by atoms with Gasteiger partial charge in [-0.1, -0.05) is 36.4 Å². The number of aliphatic hydroxyl groups is 2. The average molecular weight is 703 g/mol. The molecule has 0 bridgehead atoms. The minimum Gasteiger partial charge on any atom is -0.388 e. The van der Waals surface area contributed by atoms with E-state index in [0.717, 1.165) is 5.30 Å². The molecule has 246 valence electrons. The van der Waals surface area contributed by atoms with Crippen LogP contribution in [-0.2, 0) is 70.1 Å². The second-order valence-electron chi connectivity index (χ2n) is 11.4. The molecule has 0 amide bonds. The Morgan fingerprint density at radius 1 is 0.533 bits per heavy atom. The van der Waals surface area contributed by atoms with Gasteiger partial charge in [0.15, 0.2) is 6.29 Å². The lowest BCUT2D eigenvalue weighted by molar-refractivity contribution is -0.104. The molecule has 12 nitrogen and oxygen atoms in total. The summed E-state index contributed by atoms with van der Waals surface area (Å²) < 4.78 is 61.2. The van der Waals surface area contributed by atoms with E-state index in [0.29, 0.717) is 5.30 Å². The van der Waals surface area contributed by atoms with Gasteiger partial charge in [0.05, 0.1) is 46.2 Å². The molecule has 5 saturated heterocycles. The third-order valence-corrected chi connectivity index (χ3v) is 14.6. The Kier molecular flexibility index (Phi) is 10.2. The third-order valence-electron chi connectivity index (χ3n) is 8.23. The summed E-state index contributed by atoms with van der Waals surface area (Å²) in [5.74, 6) is 0. The molecule has 0 radical (unpaired) electrons. The molecule has 5 fully saturated rings. The van der Waals surface area contributed by atoms with Crippen molar-refractivity contribution in [2.45, 2.75) is 61.2 Å². The molecule has 0 aromatic heterocycles. The van der Waals surface area contributed by atoms with Gasteiger partial charge in [0.1, 0.15) is 54.9 Å². The number of rotatable bonds is 10. The molecule has 2 N–H and O–H groups in total. The Balaban J connectivity index is 1.04. The highest BCUT2D eigenvalue weighted by Gasteiger charge is 2.51. The fourth-order valence-corrected chi connectivity index (χ4v) is 11.7. The largest absolute Gasteiger partial charge is 0.388 e. The maximum Gasteiger partial charge on any atom is 0.222 e. The minimum absolute atomic E-state index is 0.0812. The van der Waals surface area contributed by atoms with Gasteiger partial charge < -0.3 is 52.2 Å². The predicted octanol–water partition coefficient (Wildman–Crippen LogP) is 1.12. The Labute approximate surface area is 271 Å². The van der Waals surface area contributed by atoms with Crippen molar-refractivity contribution < 1.29 is 56.7 Å². The van der Waals surface area contributed by atoms with Crippen LogP contribution in [0.4, 0.5) is 0 Å². The summed E-state index contributed by atoms with van der Waals surface area (Å²) >= 11 is 12.2. The second kappa shape index (κ2) is 14.0. The van der Waals surface area contributed by atoms with Gasteiger partial charge in [-0.2, -0.15) is 0 Å². The molecule has 0 aliphatic carbocycles. The summed E-state index contributed by atoms with van der Waals surface area (Å²) in [6.45, 7) is -5.11. The van der Waals surface area contributed by atoms with Crippen molar-refractivity contribution in [3.05, 3.63) is 60.7 Å². The van der Waals surface area contributed by atoms with Gasteiger partial charge in [-0.3, -0.25) is 4.52 Å². The van der Waals surface area contributed by atoms with Crippen LogP contribution in [0.1, 0.15) is 0 Å². The van der Waals surface area contributed by atoms with E-state index < -0.39 is 74.2 Å². The summed E-state index contributed by atoms with van der Waals surface area (Å²) in [6, 6.07) is 18.7. The topological polar surface area (TPSA) is 133 Å². The smallest absolute Gasteiger partial charge is 0.222 e. The first-order chi connectivity index (χ1) is 21.8. The van der Waals surface area contributed by atoms with Gasteiger partial charge in [-0.05, 0) is 47.9 Å². The van der Waals surface area contributed by atoms with E-state index >= 15 is 0 Å². The lowest BCUT2D eigenvalue weighted by atomic mass is 10.1. The number of hydrogen-bond donors (Lipinski definition) is 2. The molecule has 5 aliphatic heterocycles. The normalized spacial score (nSPS) is 39.1. The van der Waals surface area contributed by atoms with Crippen LogP contribution in [0, 0.1) is 0 Å². The van der Waals surface area contributed by atoms with Crippen LogP contribution in [0.2, 0.25) is 0 Å². The van der Waals surface area contributed by atoms with Gasteiger partial charge in [-0.25, -0.2) is 0 Å². The fraction of sp³-hybridized carbons (Fsp3) is 0.586. The van der Waals surface area contributed by atoms with Crippen molar-refractivity contribution in [2.24, 2.45) is 0 Å². The van der Waals surface area contributed by atoms with E-state index in [1.165, 1.54) is 0 Å². The minimum atomic E-state index is -3.16. The fourth-order valence-electron chi connectivity index (χ4n) is 6.02. The molecular formula is C29H36O12P2S2. The van der Waals surface area contributed by atoms with E-state index in [9.17, 15) is 10.2 Å². The predicted molar refractivity (Wildman–Crippen MR) is 168 cm³/mol. The summed E-state index contributed by atoms with van der Waals surface area (Å²) in [4.78, 5) is 0. The zero-order valence-corrected chi connectivity index (χ0v) is 27.6. The van der Waals surface area contributed by atoms with E-state index in [1.807, 2.05) is 60.7 Å². The standard InChI is InChI=1S/C29H36O12P2S2/c30-21-13-34-28-23(15-36-26(21)28)39-42(44,19-7-3-1-4-8-19)38-18-11-32-17-25(33-12-18)41-43(45,20-9-5-2-6-10-20)40-24-16-37-27-22(31)14-35-29(24)27/h1-10,18,21-31H,11-17H2/t18?,21?,22?,23-,24+,25-,26?,27-,28+,29-,42?,43?/m1/s1. The zero-order valence-electron chi connectivity index (χ0n) is 24.2. The van der Waals surface area contributed by atoms with Gasteiger partial charge in [0, 0.05) is 10.6 Å². The van der Waals surface area contributed by atoms with Crippen LogP contribution in [0.5, 0.6) is 0 Å². The van der Waals surface area contributed by atoms with E-state index in [4.69, 9.17) is 70.1 Å². The first-order valence-electron chi connectivity index (χ1n) is 14.9. The average Bonchev–Trinajstić information content (AvgIpc) is 3.79. The van der Waals surface area contributed by atoms with Crippen molar-refractivity contribution in [3.63, 3.8) is 0 Å². The number of ether oxygens (including phenoxy) is 6. The van der Waals surface area contributed by atoms with E-state index in [1.54, 1.807) is 0 Å². The zero-order chi connectivity index (χ0) is 31.0. The maximum atomic E-state index is 10.2. The van der Waals surface area contributed by atoms with Gasteiger partial charge in [-0.15, -0.1) is 0 Å². The quantitative estimate of drug-likeness (QED) is 0.343. The first-order valence-corrected chi connectivity index (χ1v) is 20.2. The number of fused-ring (bicyclic) bond motifs is 2. The van der Waals surface area contributed by atoms with E-state index in [2.05, 4.69) is 0 Å². The molecule has 0 spiro atoms. The van der Waals surface area contributed by atoms with Crippen LogP contribution < -0.4 is 10.6 Å². The molecule has 45 heavy (non-hydrogen) atoms. The number of hydrogen-bond acceptors (Lipinski definition) is 14. The lowest BCUT2D eigenvalue weighted by Gasteiger charge is -2.31.